The molecule has 0 aromatic heterocycles. The first-order valence-electron chi connectivity index (χ1n) is 3.34. The molecule has 52 valence electrons. The smallest absolute Gasteiger partial charge is 0.145 e. The largest absolute Gasteiger partial charge is 0.298 e. The van der Waals surface area contributed by atoms with Crippen molar-refractivity contribution < 1.29 is 4.79 Å². The van der Waals surface area contributed by atoms with E-state index in [2.05, 4.69) is 13.8 Å². The van der Waals surface area contributed by atoms with Crippen LogP contribution in [0.15, 0.2) is 11.6 Å². The maximum absolute atomic E-state index is 10.1. The van der Waals surface area contributed by atoms with Gasteiger partial charge in [0.2, 0.25) is 0 Å². The summed E-state index contributed by atoms with van der Waals surface area (Å²) in [7, 11) is 0. The van der Waals surface area contributed by atoms with Gasteiger partial charge >= 0.3 is 0 Å². The fraction of sp³-hybridized carbons (Fsp3) is 0.625. The zero-order valence-electron chi connectivity index (χ0n) is 6.35. The summed E-state index contributed by atoms with van der Waals surface area (Å²) in [5, 5.41) is 0. The van der Waals surface area contributed by atoms with Gasteiger partial charge in [-0.05, 0) is 18.4 Å². The summed E-state index contributed by atoms with van der Waals surface area (Å²) in [5.74, 6) is 0.537. The predicted molar refractivity (Wildman–Crippen MR) is 39.3 cm³/mol. The summed E-state index contributed by atoms with van der Waals surface area (Å²) in [4.78, 5) is 10.1. The highest BCUT2D eigenvalue weighted by atomic mass is 16.1. The number of hydrogen-bond donors (Lipinski definition) is 0. The van der Waals surface area contributed by atoms with E-state index in [1.54, 1.807) is 0 Å². The monoisotopic (exact) mass is 126 g/mol. The van der Waals surface area contributed by atoms with Gasteiger partial charge in [-0.1, -0.05) is 26.3 Å². The lowest BCUT2D eigenvalue weighted by atomic mass is 10.1. The van der Waals surface area contributed by atoms with Crippen molar-refractivity contribution in [1.82, 2.24) is 0 Å². The average molecular weight is 126 g/mol. The fourth-order valence-corrected chi connectivity index (χ4v) is 0.606. The molecule has 0 amide bonds. The van der Waals surface area contributed by atoms with Crippen molar-refractivity contribution in [1.29, 1.82) is 0 Å². The normalized spacial score (nSPS) is 15.2. The Bertz CT molecular complexity index is 114. The summed E-state index contributed by atoms with van der Waals surface area (Å²) < 4.78 is 0. The molecule has 0 heterocycles. The Labute approximate surface area is 56.8 Å². The molecular weight excluding hydrogens is 112 g/mol. The molecule has 0 aromatic rings. The van der Waals surface area contributed by atoms with Crippen LogP contribution in [0.1, 0.15) is 27.2 Å². The van der Waals surface area contributed by atoms with Crippen LogP contribution in [0.4, 0.5) is 0 Å². The highest BCUT2D eigenvalue weighted by Crippen LogP contribution is 2.04. The molecule has 0 saturated heterocycles. The Morgan fingerprint density at radius 2 is 2.22 bits per heavy atom. The van der Waals surface area contributed by atoms with E-state index < -0.39 is 0 Å². The van der Waals surface area contributed by atoms with Gasteiger partial charge < -0.3 is 0 Å². The molecule has 0 aliphatic carbocycles. The first kappa shape index (κ1) is 8.41. The molecule has 0 fully saturated rings. The Morgan fingerprint density at radius 3 is 2.56 bits per heavy atom. The number of hydrogen-bond acceptors (Lipinski definition) is 1. The van der Waals surface area contributed by atoms with E-state index in [4.69, 9.17) is 0 Å². The standard InChI is InChI=1S/C8H14O/c1-4-7(2)5-8(3)6-9/h5-7H,4H2,1-3H3/b8-5-. The minimum absolute atomic E-state index is 0.537. The molecule has 1 heteroatoms. The summed E-state index contributed by atoms with van der Waals surface area (Å²) in [6, 6.07) is 0. The molecule has 0 N–H and O–H groups in total. The van der Waals surface area contributed by atoms with Gasteiger partial charge in [0.15, 0.2) is 0 Å². The molecule has 0 bridgehead atoms. The van der Waals surface area contributed by atoms with Crippen LogP contribution in [0.5, 0.6) is 0 Å². The molecule has 1 nitrogen and oxygen atoms in total. The maximum Gasteiger partial charge on any atom is 0.145 e. The van der Waals surface area contributed by atoms with Crippen LogP contribution in [0.3, 0.4) is 0 Å². The Balaban J connectivity index is 3.78. The Kier molecular flexibility index (Phi) is 4.02. The third-order valence-corrected chi connectivity index (χ3v) is 1.38. The molecule has 1 unspecified atom stereocenters. The van der Waals surface area contributed by atoms with Crippen molar-refractivity contribution in [2.45, 2.75) is 27.2 Å². The lowest BCUT2D eigenvalue weighted by molar-refractivity contribution is -0.104. The highest BCUT2D eigenvalue weighted by molar-refractivity contribution is 5.72. The molecule has 0 radical (unpaired) electrons. The van der Waals surface area contributed by atoms with Gasteiger partial charge in [0, 0.05) is 0 Å². The second-order valence-electron chi connectivity index (χ2n) is 2.41. The van der Waals surface area contributed by atoms with Crippen LogP contribution >= 0.6 is 0 Å². The summed E-state index contributed by atoms with van der Waals surface area (Å²) >= 11 is 0. The molecule has 0 spiro atoms. The minimum Gasteiger partial charge on any atom is -0.298 e. The molecule has 9 heavy (non-hydrogen) atoms. The van der Waals surface area contributed by atoms with E-state index in [-0.39, 0.29) is 0 Å². The van der Waals surface area contributed by atoms with Gasteiger partial charge in [-0.3, -0.25) is 4.79 Å². The van der Waals surface area contributed by atoms with Gasteiger partial charge in [0.05, 0.1) is 0 Å². The lowest BCUT2D eigenvalue weighted by Gasteiger charge is -1.98. The van der Waals surface area contributed by atoms with Crippen LogP contribution in [0.25, 0.3) is 0 Å². The van der Waals surface area contributed by atoms with Gasteiger partial charge in [-0.15, -0.1) is 0 Å². The summed E-state index contributed by atoms with van der Waals surface area (Å²) in [5.41, 5.74) is 0.837. The van der Waals surface area contributed by atoms with E-state index in [9.17, 15) is 4.79 Å². The van der Waals surface area contributed by atoms with Crippen molar-refractivity contribution in [3.63, 3.8) is 0 Å². The fourth-order valence-electron chi connectivity index (χ4n) is 0.606. The number of carbonyl (C=O) groups excluding carboxylic acids is 1. The number of aldehydes is 1. The molecular formula is C8H14O. The molecule has 1 atom stereocenters. The number of rotatable bonds is 3. The molecule has 0 rings (SSSR count). The van der Waals surface area contributed by atoms with Gasteiger partial charge in [0.1, 0.15) is 6.29 Å². The van der Waals surface area contributed by atoms with Crippen LogP contribution in [-0.4, -0.2) is 6.29 Å². The minimum atomic E-state index is 0.537. The average Bonchev–Trinajstić information content (AvgIpc) is 1.87. The maximum atomic E-state index is 10.1. The summed E-state index contributed by atoms with van der Waals surface area (Å²) in [6.45, 7) is 6.05. The Morgan fingerprint density at radius 1 is 1.67 bits per heavy atom. The quantitative estimate of drug-likeness (QED) is 0.418. The number of carbonyl (C=O) groups is 1. The van der Waals surface area contributed by atoms with Crippen LogP contribution in [0.2, 0.25) is 0 Å². The van der Waals surface area contributed by atoms with Crippen molar-refractivity contribution in [3.05, 3.63) is 11.6 Å². The van der Waals surface area contributed by atoms with Crippen molar-refractivity contribution in [2.75, 3.05) is 0 Å². The van der Waals surface area contributed by atoms with E-state index in [1.807, 2.05) is 13.0 Å². The highest BCUT2D eigenvalue weighted by Gasteiger charge is 1.92. The molecule has 0 aliphatic rings. The second-order valence-corrected chi connectivity index (χ2v) is 2.41. The van der Waals surface area contributed by atoms with Crippen LogP contribution < -0.4 is 0 Å². The predicted octanol–water partition coefficient (Wildman–Crippen LogP) is 2.18. The van der Waals surface area contributed by atoms with Crippen molar-refractivity contribution >= 4 is 6.29 Å². The summed E-state index contributed by atoms with van der Waals surface area (Å²) in [6.07, 6.45) is 3.99. The number of allylic oxidation sites excluding steroid dienone is 2. The van der Waals surface area contributed by atoms with Crippen LogP contribution in [-0.2, 0) is 4.79 Å². The lowest BCUT2D eigenvalue weighted by Crippen LogP contribution is -1.87. The van der Waals surface area contributed by atoms with Gasteiger partial charge in [-0.25, -0.2) is 0 Å². The zero-order chi connectivity index (χ0) is 7.28. The van der Waals surface area contributed by atoms with Crippen LogP contribution in [0, 0.1) is 5.92 Å². The first-order chi connectivity index (χ1) is 4.20. The molecule has 0 saturated carbocycles. The van der Waals surface area contributed by atoms with E-state index in [0.717, 1.165) is 18.3 Å². The third-order valence-electron chi connectivity index (χ3n) is 1.38. The molecule has 0 aromatic carbocycles. The van der Waals surface area contributed by atoms with Crippen molar-refractivity contribution in [2.24, 2.45) is 5.92 Å². The molecule has 0 aliphatic heterocycles. The Hall–Kier alpha value is -0.590. The SMILES string of the molecule is CCC(C)/C=C(/C)C=O. The van der Waals surface area contributed by atoms with Gasteiger partial charge in [-0.2, -0.15) is 0 Å². The topological polar surface area (TPSA) is 17.1 Å². The van der Waals surface area contributed by atoms with E-state index in [1.165, 1.54) is 0 Å². The second kappa shape index (κ2) is 4.30. The van der Waals surface area contributed by atoms with Crippen molar-refractivity contribution in [3.8, 4) is 0 Å². The van der Waals surface area contributed by atoms with Gasteiger partial charge in [0.25, 0.3) is 0 Å². The zero-order valence-corrected chi connectivity index (χ0v) is 6.35. The van der Waals surface area contributed by atoms with E-state index >= 15 is 0 Å². The van der Waals surface area contributed by atoms with E-state index in [0.29, 0.717) is 5.92 Å². The first-order valence-corrected chi connectivity index (χ1v) is 3.34. The third kappa shape index (κ3) is 3.95.